The number of hydrogen-bond acceptors (Lipinski definition) is 3. The lowest BCUT2D eigenvalue weighted by Gasteiger charge is -2.17. The number of rotatable bonds is 1. The largest absolute Gasteiger partial charge is 0.323 e. The molecule has 1 N–H and O–H groups in total. The molecule has 2 aromatic heterocycles. The van der Waals surface area contributed by atoms with Crippen molar-refractivity contribution in [1.29, 1.82) is 0 Å². The average molecular weight is 292 g/mol. The third-order valence-electron chi connectivity index (χ3n) is 4.30. The Morgan fingerprint density at radius 1 is 1.37 bits per heavy atom. The molecule has 1 saturated carbocycles. The van der Waals surface area contributed by atoms with Gasteiger partial charge in [0.05, 0.1) is 5.39 Å². The van der Waals surface area contributed by atoms with E-state index < -0.39 is 0 Å². The van der Waals surface area contributed by atoms with Crippen LogP contribution in [0, 0.1) is 10.7 Å². The Morgan fingerprint density at radius 2 is 2.16 bits per heavy atom. The van der Waals surface area contributed by atoms with E-state index in [0.717, 1.165) is 41.8 Å². The highest BCUT2D eigenvalue weighted by Gasteiger charge is 2.29. The van der Waals surface area contributed by atoms with Gasteiger partial charge in [0.2, 0.25) is 0 Å². The van der Waals surface area contributed by atoms with Gasteiger partial charge in [-0.2, -0.15) is 0 Å². The molecule has 0 radical (unpaired) electrons. The van der Waals surface area contributed by atoms with Gasteiger partial charge in [0.1, 0.15) is 4.83 Å². The summed E-state index contributed by atoms with van der Waals surface area (Å²) in [6, 6.07) is 0.346. The third-order valence-corrected chi connectivity index (χ3v) is 5.76. The summed E-state index contributed by atoms with van der Waals surface area (Å²) < 4.78 is 2.41. The van der Waals surface area contributed by atoms with E-state index in [0.29, 0.717) is 10.8 Å². The molecule has 2 aliphatic rings. The molecule has 100 valence electrons. The fourth-order valence-corrected chi connectivity index (χ4v) is 4.90. The molecule has 0 amide bonds. The van der Waals surface area contributed by atoms with Gasteiger partial charge in [0.25, 0.3) is 5.56 Å². The predicted octanol–water partition coefficient (Wildman–Crippen LogP) is 3.58. The van der Waals surface area contributed by atoms with Gasteiger partial charge in [-0.05, 0) is 55.8 Å². The zero-order chi connectivity index (χ0) is 13.1. The zero-order valence-electron chi connectivity index (χ0n) is 10.9. The van der Waals surface area contributed by atoms with Crippen LogP contribution >= 0.6 is 23.6 Å². The van der Waals surface area contributed by atoms with Gasteiger partial charge >= 0.3 is 0 Å². The molecule has 1 unspecified atom stereocenters. The van der Waals surface area contributed by atoms with Crippen LogP contribution in [-0.4, -0.2) is 9.55 Å². The topological polar surface area (TPSA) is 37.8 Å². The van der Waals surface area contributed by atoms with Gasteiger partial charge in [-0.15, -0.1) is 11.3 Å². The van der Waals surface area contributed by atoms with Crippen molar-refractivity contribution < 1.29 is 0 Å². The molecule has 3 nitrogen and oxygen atoms in total. The highest BCUT2D eigenvalue weighted by atomic mass is 32.1. The number of H-pyrrole nitrogens is 1. The summed E-state index contributed by atoms with van der Waals surface area (Å²) in [5.41, 5.74) is 1.44. The Kier molecular flexibility index (Phi) is 2.51. The van der Waals surface area contributed by atoms with Crippen molar-refractivity contribution in [3.05, 3.63) is 25.6 Å². The van der Waals surface area contributed by atoms with E-state index in [1.165, 1.54) is 16.9 Å². The number of nitrogens with one attached hydrogen (secondary N) is 1. The molecule has 2 heterocycles. The molecule has 0 saturated heterocycles. The lowest BCUT2D eigenvalue weighted by atomic mass is 9.89. The van der Waals surface area contributed by atoms with Crippen LogP contribution < -0.4 is 5.56 Å². The molecule has 0 bridgehead atoms. The Balaban J connectivity index is 2.05. The monoisotopic (exact) mass is 292 g/mol. The molecule has 2 aliphatic carbocycles. The van der Waals surface area contributed by atoms with Crippen LogP contribution in [0.4, 0.5) is 0 Å². The van der Waals surface area contributed by atoms with Crippen LogP contribution in [0.5, 0.6) is 0 Å². The van der Waals surface area contributed by atoms with Gasteiger partial charge < -0.3 is 4.98 Å². The summed E-state index contributed by atoms with van der Waals surface area (Å²) in [6.07, 6.45) is 5.52. The smallest absolute Gasteiger partial charge is 0.263 e. The fourth-order valence-electron chi connectivity index (χ4n) is 3.10. The van der Waals surface area contributed by atoms with E-state index >= 15 is 0 Å². The van der Waals surface area contributed by atoms with Crippen LogP contribution in [0.3, 0.4) is 0 Å². The van der Waals surface area contributed by atoms with E-state index in [9.17, 15) is 4.79 Å². The van der Waals surface area contributed by atoms with Gasteiger partial charge in [-0.25, -0.2) is 0 Å². The minimum atomic E-state index is 0.147. The maximum atomic E-state index is 12.7. The third kappa shape index (κ3) is 1.75. The number of hydrogen-bond donors (Lipinski definition) is 1. The van der Waals surface area contributed by atoms with Crippen LogP contribution in [0.25, 0.3) is 10.2 Å². The summed E-state index contributed by atoms with van der Waals surface area (Å²) >= 11 is 7.10. The van der Waals surface area contributed by atoms with Crippen molar-refractivity contribution in [2.75, 3.05) is 0 Å². The lowest BCUT2D eigenvalue weighted by molar-refractivity contribution is 0.509. The second-order valence-corrected chi connectivity index (χ2v) is 7.38. The van der Waals surface area contributed by atoms with E-state index in [-0.39, 0.29) is 5.56 Å². The standard InChI is InChI=1S/C14H16N2OS2/c1-7-2-5-9-10(6-7)19-12-11(9)13(17)16(8-3-4-8)14(18)15-12/h7-8H,2-6H2,1H3,(H,15,18). The van der Waals surface area contributed by atoms with Crippen LogP contribution in [0.1, 0.15) is 42.7 Å². The number of thiophene rings is 1. The second kappa shape index (κ2) is 4.03. The molecule has 0 aliphatic heterocycles. The summed E-state index contributed by atoms with van der Waals surface area (Å²) in [5, 5.41) is 0.924. The first-order valence-corrected chi connectivity index (χ1v) is 8.16. The lowest BCUT2D eigenvalue weighted by Crippen LogP contribution is -2.22. The van der Waals surface area contributed by atoms with E-state index in [4.69, 9.17) is 12.2 Å². The average Bonchev–Trinajstić information content (AvgIpc) is 3.10. The zero-order valence-corrected chi connectivity index (χ0v) is 12.5. The number of aromatic nitrogens is 2. The molecule has 2 aromatic rings. The molecule has 0 spiro atoms. The minimum Gasteiger partial charge on any atom is -0.323 e. The quantitative estimate of drug-likeness (QED) is 0.816. The second-order valence-electron chi connectivity index (χ2n) is 5.89. The Bertz CT molecular complexity index is 779. The fraction of sp³-hybridized carbons (Fsp3) is 0.571. The van der Waals surface area contributed by atoms with Crippen molar-refractivity contribution in [2.24, 2.45) is 5.92 Å². The first-order chi connectivity index (χ1) is 9.15. The van der Waals surface area contributed by atoms with Crippen molar-refractivity contribution in [2.45, 2.75) is 45.1 Å². The molecular weight excluding hydrogens is 276 g/mol. The molecule has 5 heteroatoms. The Labute approximate surface area is 120 Å². The van der Waals surface area contributed by atoms with Crippen molar-refractivity contribution in [1.82, 2.24) is 9.55 Å². The van der Waals surface area contributed by atoms with Gasteiger partial charge in [-0.1, -0.05) is 6.92 Å². The minimum absolute atomic E-state index is 0.147. The van der Waals surface area contributed by atoms with Gasteiger partial charge in [0, 0.05) is 10.9 Å². The van der Waals surface area contributed by atoms with Crippen molar-refractivity contribution >= 4 is 33.8 Å². The van der Waals surface area contributed by atoms with Gasteiger partial charge in [0.15, 0.2) is 4.77 Å². The molecule has 19 heavy (non-hydrogen) atoms. The molecule has 1 atom stereocenters. The molecular formula is C14H16N2OS2. The van der Waals surface area contributed by atoms with Crippen LogP contribution in [-0.2, 0) is 12.8 Å². The summed E-state index contributed by atoms with van der Waals surface area (Å²) in [6.45, 7) is 2.29. The highest BCUT2D eigenvalue weighted by Crippen LogP contribution is 2.38. The SMILES string of the molecule is CC1CCc2c(sc3[nH]c(=S)n(C4CC4)c(=O)c23)C1. The normalized spacial score (nSPS) is 22.7. The number of aromatic amines is 1. The van der Waals surface area contributed by atoms with Crippen molar-refractivity contribution in [3.63, 3.8) is 0 Å². The van der Waals surface area contributed by atoms with E-state index in [1.54, 1.807) is 11.3 Å². The first kappa shape index (κ1) is 11.9. The highest BCUT2D eigenvalue weighted by molar-refractivity contribution is 7.71. The Hall–Kier alpha value is -0.940. The number of aryl methyl sites for hydroxylation is 1. The van der Waals surface area contributed by atoms with Crippen LogP contribution in [0.15, 0.2) is 4.79 Å². The molecule has 4 rings (SSSR count). The van der Waals surface area contributed by atoms with Gasteiger partial charge in [-0.3, -0.25) is 9.36 Å². The summed E-state index contributed by atoms with van der Waals surface area (Å²) in [4.78, 5) is 18.4. The summed E-state index contributed by atoms with van der Waals surface area (Å²) in [7, 11) is 0. The maximum Gasteiger partial charge on any atom is 0.263 e. The Morgan fingerprint density at radius 3 is 2.89 bits per heavy atom. The predicted molar refractivity (Wildman–Crippen MR) is 80.7 cm³/mol. The summed E-state index contributed by atoms with van der Waals surface area (Å²) in [5.74, 6) is 0.731. The van der Waals surface area contributed by atoms with E-state index in [1.807, 2.05) is 4.57 Å². The number of fused-ring (bicyclic) bond motifs is 3. The van der Waals surface area contributed by atoms with E-state index in [2.05, 4.69) is 11.9 Å². The maximum absolute atomic E-state index is 12.7. The number of nitrogens with zero attached hydrogens (tertiary/aromatic N) is 1. The first-order valence-electron chi connectivity index (χ1n) is 6.94. The molecule has 0 aromatic carbocycles. The van der Waals surface area contributed by atoms with Crippen LogP contribution in [0.2, 0.25) is 0 Å². The van der Waals surface area contributed by atoms with Crippen molar-refractivity contribution in [3.8, 4) is 0 Å². The molecule has 1 fully saturated rings.